The molecule has 1 aromatic heterocycles. The van der Waals surface area contributed by atoms with Crippen LogP contribution in [0.15, 0.2) is 47.4 Å². The van der Waals surface area contributed by atoms with E-state index in [4.69, 9.17) is 16.3 Å². The molecule has 7 heteroatoms. The minimum absolute atomic E-state index is 0.151. The smallest absolute Gasteiger partial charge is 0.344 e. The standard InChI is InChI=1S/C15H13ClN2O4/c16-12-6-2-1-4-10(12)8-18-13(19)9-22-15(21)11-5-3-7-17-14(11)20/h1-7H,8-9H2,(H,17,20)(H,18,19). The maximum absolute atomic E-state index is 11.7. The molecule has 2 aromatic rings. The van der Waals surface area contributed by atoms with Crippen molar-refractivity contribution in [1.29, 1.82) is 0 Å². The second-order valence-corrected chi connectivity index (χ2v) is 4.76. The molecule has 0 unspecified atom stereocenters. The third-order valence-electron chi connectivity index (χ3n) is 2.81. The molecular weight excluding hydrogens is 308 g/mol. The lowest BCUT2D eigenvalue weighted by atomic mass is 10.2. The van der Waals surface area contributed by atoms with Crippen LogP contribution in [0.5, 0.6) is 0 Å². The summed E-state index contributed by atoms with van der Waals surface area (Å²) in [6.07, 6.45) is 1.40. The van der Waals surface area contributed by atoms with Gasteiger partial charge < -0.3 is 15.0 Å². The number of nitrogens with one attached hydrogen (secondary N) is 2. The number of H-pyrrole nitrogens is 1. The van der Waals surface area contributed by atoms with Gasteiger partial charge in [-0.15, -0.1) is 0 Å². The molecule has 22 heavy (non-hydrogen) atoms. The molecule has 0 aliphatic rings. The molecule has 2 N–H and O–H groups in total. The highest BCUT2D eigenvalue weighted by Crippen LogP contribution is 2.14. The van der Waals surface area contributed by atoms with E-state index in [2.05, 4.69) is 10.3 Å². The lowest BCUT2D eigenvalue weighted by Crippen LogP contribution is -2.29. The monoisotopic (exact) mass is 320 g/mol. The summed E-state index contributed by atoms with van der Waals surface area (Å²) in [5.41, 5.74) is 0.0359. The molecule has 0 saturated carbocycles. The van der Waals surface area contributed by atoms with Crippen molar-refractivity contribution in [2.75, 3.05) is 6.61 Å². The molecule has 0 radical (unpaired) electrons. The minimum Gasteiger partial charge on any atom is -0.452 e. The van der Waals surface area contributed by atoms with E-state index in [9.17, 15) is 14.4 Å². The first-order valence-corrected chi connectivity index (χ1v) is 6.80. The molecule has 1 heterocycles. The molecule has 0 aliphatic heterocycles. The Labute approximate surface area is 131 Å². The van der Waals surface area contributed by atoms with Gasteiger partial charge in [0.25, 0.3) is 11.5 Å². The zero-order valence-electron chi connectivity index (χ0n) is 11.5. The van der Waals surface area contributed by atoms with Crippen molar-refractivity contribution in [3.8, 4) is 0 Å². The number of carbonyl (C=O) groups is 2. The van der Waals surface area contributed by atoms with Crippen molar-refractivity contribution in [3.63, 3.8) is 0 Å². The van der Waals surface area contributed by atoms with E-state index in [0.717, 1.165) is 5.56 Å². The van der Waals surface area contributed by atoms with Gasteiger partial charge in [0.2, 0.25) is 0 Å². The second-order valence-electron chi connectivity index (χ2n) is 4.36. The number of benzene rings is 1. The Morgan fingerprint density at radius 2 is 1.95 bits per heavy atom. The van der Waals surface area contributed by atoms with Crippen LogP contribution in [-0.2, 0) is 16.1 Å². The molecule has 0 saturated heterocycles. The Morgan fingerprint density at radius 1 is 1.18 bits per heavy atom. The Balaban J connectivity index is 1.83. The molecule has 0 fully saturated rings. The number of aromatic nitrogens is 1. The summed E-state index contributed by atoms with van der Waals surface area (Å²) in [6.45, 7) is -0.250. The molecule has 6 nitrogen and oxygen atoms in total. The number of ether oxygens (including phenoxy) is 1. The number of esters is 1. The van der Waals surface area contributed by atoms with Gasteiger partial charge in [-0.1, -0.05) is 29.8 Å². The maximum atomic E-state index is 11.7. The fourth-order valence-corrected chi connectivity index (χ4v) is 1.88. The van der Waals surface area contributed by atoms with Crippen LogP contribution >= 0.6 is 11.6 Å². The molecule has 0 atom stereocenters. The van der Waals surface area contributed by atoms with E-state index < -0.39 is 24.0 Å². The second kappa shape index (κ2) is 7.42. The lowest BCUT2D eigenvalue weighted by molar-refractivity contribution is -0.124. The van der Waals surface area contributed by atoms with Crippen LogP contribution in [0.25, 0.3) is 0 Å². The molecule has 114 valence electrons. The molecule has 0 aliphatic carbocycles. The number of aromatic amines is 1. The highest BCUT2D eigenvalue weighted by atomic mass is 35.5. The zero-order valence-corrected chi connectivity index (χ0v) is 12.2. The van der Waals surface area contributed by atoms with Gasteiger partial charge >= 0.3 is 5.97 Å². The van der Waals surface area contributed by atoms with E-state index >= 15 is 0 Å². The SMILES string of the molecule is O=C(COC(=O)c1ccc[nH]c1=O)NCc1ccccc1Cl. The number of pyridine rings is 1. The molecule has 1 amide bonds. The van der Waals surface area contributed by atoms with E-state index in [1.54, 1.807) is 24.3 Å². The topological polar surface area (TPSA) is 88.3 Å². The van der Waals surface area contributed by atoms with E-state index in [1.807, 2.05) is 0 Å². The number of halogens is 1. The lowest BCUT2D eigenvalue weighted by Gasteiger charge is -2.07. The van der Waals surface area contributed by atoms with Crippen LogP contribution in [-0.4, -0.2) is 23.5 Å². The van der Waals surface area contributed by atoms with Crippen LogP contribution < -0.4 is 10.9 Å². The summed E-state index contributed by atoms with van der Waals surface area (Å²) in [7, 11) is 0. The fourth-order valence-electron chi connectivity index (χ4n) is 1.68. The van der Waals surface area contributed by atoms with Crippen LogP contribution in [0.3, 0.4) is 0 Å². The van der Waals surface area contributed by atoms with Crippen LogP contribution in [0.2, 0.25) is 5.02 Å². The van der Waals surface area contributed by atoms with Crippen LogP contribution in [0.1, 0.15) is 15.9 Å². The number of amides is 1. The quantitative estimate of drug-likeness (QED) is 0.817. The number of hydrogen-bond acceptors (Lipinski definition) is 4. The van der Waals surface area contributed by atoms with Crippen molar-refractivity contribution in [2.45, 2.75) is 6.54 Å². The Bertz CT molecular complexity index is 742. The summed E-state index contributed by atoms with van der Waals surface area (Å²) in [5, 5.41) is 3.11. The van der Waals surface area contributed by atoms with Crippen molar-refractivity contribution < 1.29 is 14.3 Å². The predicted molar refractivity (Wildman–Crippen MR) is 80.6 cm³/mol. The van der Waals surface area contributed by atoms with Gasteiger partial charge in [0.05, 0.1) is 0 Å². The molecule has 2 rings (SSSR count). The van der Waals surface area contributed by atoms with Crippen molar-refractivity contribution in [1.82, 2.24) is 10.3 Å². The predicted octanol–water partition coefficient (Wildman–Crippen LogP) is 1.50. The molecular formula is C15H13ClN2O4. The normalized spacial score (nSPS) is 10.0. The van der Waals surface area contributed by atoms with E-state index in [-0.39, 0.29) is 12.1 Å². The summed E-state index contributed by atoms with van der Waals surface area (Å²) >= 11 is 5.96. The fraction of sp³-hybridized carbons (Fsp3) is 0.133. The number of carbonyl (C=O) groups excluding carboxylic acids is 2. The number of hydrogen-bond donors (Lipinski definition) is 2. The van der Waals surface area contributed by atoms with Crippen molar-refractivity contribution in [3.05, 3.63) is 69.1 Å². The Kier molecular flexibility index (Phi) is 5.32. The van der Waals surface area contributed by atoms with Crippen LogP contribution in [0, 0.1) is 0 Å². The number of rotatable bonds is 5. The van der Waals surface area contributed by atoms with Gasteiger partial charge in [-0.2, -0.15) is 0 Å². The Hall–Kier alpha value is -2.60. The maximum Gasteiger partial charge on any atom is 0.344 e. The first kappa shape index (κ1) is 15.8. The van der Waals surface area contributed by atoms with E-state index in [0.29, 0.717) is 5.02 Å². The largest absolute Gasteiger partial charge is 0.452 e. The van der Waals surface area contributed by atoms with Gasteiger partial charge in [0, 0.05) is 17.8 Å². The molecule has 1 aromatic carbocycles. The third kappa shape index (κ3) is 4.20. The summed E-state index contributed by atoms with van der Waals surface area (Å²) < 4.78 is 4.79. The summed E-state index contributed by atoms with van der Waals surface area (Å²) in [6, 6.07) is 9.89. The highest BCUT2D eigenvalue weighted by Gasteiger charge is 2.13. The van der Waals surface area contributed by atoms with Gasteiger partial charge in [0.15, 0.2) is 6.61 Å². The first-order valence-electron chi connectivity index (χ1n) is 6.43. The van der Waals surface area contributed by atoms with Gasteiger partial charge in [-0.3, -0.25) is 9.59 Å². The zero-order chi connectivity index (χ0) is 15.9. The minimum atomic E-state index is -0.852. The summed E-state index contributed by atoms with van der Waals surface area (Å²) in [4.78, 5) is 37.0. The first-order chi connectivity index (χ1) is 10.6. The Morgan fingerprint density at radius 3 is 2.68 bits per heavy atom. The van der Waals surface area contributed by atoms with E-state index in [1.165, 1.54) is 18.3 Å². The average Bonchev–Trinajstić information content (AvgIpc) is 2.52. The molecule has 0 bridgehead atoms. The van der Waals surface area contributed by atoms with Gasteiger partial charge in [-0.25, -0.2) is 4.79 Å². The van der Waals surface area contributed by atoms with Crippen molar-refractivity contribution in [2.24, 2.45) is 0 Å². The average molecular weight is 321 g/mol. The summed E-state index contributed by atoms with van der Waals surface area (Å²) in [5.74, 6) is -1.34. The van der Waals surface area contributed by atoms with Gasteiger partial charge in [0.1, 0.15) is 5.56 Å². The van der Waals surface area contributed by atoms with Crippen molar-refractivity contribution >= 4 is 23.5 Å². The highest BCUT2D eigenvalue weighted by molar-refractivity contribution is 6.31. The third-order valence-corrected chi connectivity index (χ3v) is 3.18. The van der Waals surface area contributed by atoms with Gasteiger partial charge in [-0.05, 0) is 23.8 Å². The van der Waals surface area contributed by atoms with Crippen LogP contribution in [0.4, 0.5) is 0 Å². The molecule has 0 spiro atoms.